The number of ether oxygens (including phenoxy) is 2. The molecule has 0 bridgehead atoms. The molecule has 0 radical (unpaired) electrons. The first-order chi connectivity index (χ1) is 31.6. The highest BCUT2D eigenvalue weighted by Crippen LogP contribution is 2.38. The van der Waals surface area contributed by atoms with Crippen molar-refractivity contribution in [3.8, 4) is 0 Å². The van der Waals surface area contributed by atoms with E-state index in [1.807, 2.05) is 21.1 Å². The lowest BCUT2D eigenvalue weighted by molar-refractivity contribution is -0.870. The number of hydrogen-bond donors (Lipinski definition) is 0. The minimum atomic E-state index is -4.53. The fourth-order valence-electron chi connectivity index (χ4n) is 7.87. The summed E-state index contributed by atoms with van der Waals surface area (Å²) in [6.45, 7) is 5.44. The molecule has 0 saturated carbocycles. The summed E-state index contributed by atoms with van der Waals surface area (Å²) in [6.07, 6.45) is 60.3. The highest BCUT2D eigenvalue weighted by atomic mass is 31.2. The summed E-state index contributed by atoms with van der Waals surface area (Å²) in [6, 6.07) is 0. The SMILES string of the molecule is CCCCCCC/C=C\C/C=C\CCCCCCCCCCCC(=O)OC(COCCCCCCCCCCCC/C=C\CCCCCCCCCC)COP(=O)([O-])OCC[N+](C)(C)C. The van der Waals surface area contributed by atoms with E-state index in [0.717, 1.165) is 38.5 Å². The molecule has 0 amide bonds. The van der Waals surface area contributed by atoms with Gasteiger partial charge in [-0.25, -0.2) is 0 Å². The molecule has 2 unspecified atom stereocenters. The molecule has 0 heterocycles. The molecule has 0 aromatic rings. The zero-order chi connectivity index (χ0) is 47.6. The van der Waals surface area contributed by atoms with Crippen LogP contribution in [0.25, 0.3) is 0 Å². The standard InChI is InChI=1S/C56H108NO7P/c1-6-8-10-12-14-16-18-20-22-24-26-28-30-32-34-36-38-40-42-44-46-48-51-61-53-55(54-63-65(59,60)62-52-50-57(3,4)5)64-56(58)49-47-45-43-41-39-37-35-33-31-29-27-25-23-21-19-17-15-13-11-9-7-2/h19,21,24-27,55H,6-18,20,22-23,28-54H2,1-5H3/b21-19-,26-24-,27-25-. The third-order valence-electron chi connectivity index (χ3n) is 12.2. The molecule has 0 aliphatic rings. The van der Waals surface area contributed by atoms with Gasteiger partial charge in [0.05, 0.1) is 34.4 Å². The highest BCUT2D eigenvalue weighted by Gasteiger charge is 2.20. The average Bonchev–Trinajstić information content (AvgIpc) is 3.27. The van der Waals surface area contributed by atoms with Crippen LogP contribution in [0.4, 0.5) is 0 Å². The number of likely N-dealkylation sites (N-methyl/N-ethyl adjacent to an activating group) is 1. The summed E-state index contributed by atoms with van der Waals surface area (Å²) < 4.78 is 34.8. The van der Waals surface area contributed by atoms with Gasteiger partial charge in [0.15, 0.2) is 0 Å². The van der Waals surface area contributed by atoms with Crippen LogP contribution in [-0.2, 0) is 27.9 Å². The van der Waals surface area contributed by atoms with Crippen LogP contribution in [0.5, 0.6) is 0 Å². The van der Waals surface area contributed by atoms with E-state index in [-0.39, 0.29) is 25.8 Å². The van der Waals surface area contributed by atoms with E-state index in [1.54, 1.807) is 0 Å². The second kappa shape index (κ2) is 49.2. The molecule has 0 spiro atoms. The van der Waals surface area contributed by atoms with E-state index in [4.69, 9.17) is 18.5 Å². The summed E-state index contributed by atoms with van der Waals surface area (Å²) in [7, 11) is 1.36. The van der Waals surface area contributed by atoms with Gasteiger partial charge in [-0.2, -0.15) is 0 Å². The number of phosphoric ester groups is 1. The molecule has 0 aromatic carbocycles. The van der Waals surface area contributed by atoms with Crippen LogP contribution < -0.4 is 4.89 Å². The number of esters is 1. The Morgan fingerprint density at radius 1 is 0.477 bits per heavy atom. The molecule has 0 aromatic heterocycles. The minimum absolute atomic E-state index is 0.0256. The number of allylic oxidation sites excluding steroid dienone is 6. The first-order valence-electron chi connectivity index (χ1n) is 27.7. The summed E-state index contributed by atoms with van der Waals surface area (Å²) in [5.74, 6) is -0.335. The maximum absolute atomic E-state index is 12.8. The summed E-state index contributed by atoms with van der Waals surface area (Å²) >= 11 is 0. The maximum atomic E-state index is 12.8. The smallest absolute Gasteiger partial charge is 0.306 e. The number of carbonyl (C=O) groups is 1. The molecule has 0 aliphatic carbocycles. The van der Waals surface area contributed by atoms with Gasteiger partial charge in [-0.05, 0) is 70.6 Å². The zero-order valence-electron chi connectivity index (χ0n) is 43.7. The largest absolute Gasteiger partial charge is 0.756 e. The monoisotopic (exact) mass is 938 g/mol. The van der Waals surface area contributed by atoms with Gasteiger partial charge in [-0.15, -0.1) is 0 Å². The van der Waals surface area contributed by atoms with Crippen LogP contribution in [0.1, 0.15) is 258 Å². The van der Waals surface area contributed by atoms with Gasteiger partial charge in [0.25, 0.3) is 7.82 Å². The Hall–Kier alpha value is -1.28. The Kier molecular flexibility index (Phi) is 48.2. The van der Waals surface area contributed by atoms with Crippen LogP contribution in [0, 0.1) is 0 Å². The molecule has 0 aliphatic heterocycles. The Balaban J connectivity index is 4.10. The van der Waals surface area contributed by atoms with Gasteiger partial charge in [-0.1, -0.05) is 217 Å². The maximum Gasteiger partial charge on any atom is 0.306 e. The first-order valence-corrected chi connectivity index (χ1v) is 29.2. The van der Waals surface area contributed by atoms with E-state index in [1.165, 1.54) is 199 Å². The van der Waals surface area contributed by atoms with Crippen molar-refractivity contribution >= 4 is 13.8 Å². The lowest BCUT2D eigenvalue weighted by Crippen LogP contribution is -2.37. The normalized spacial score (nSPS) is 13.8. The molecule has 65 heavy (non-hydrogen) atoms. The number of rotatable bonds is 52. The number of nitrogens with zero attached hydrogens (tertiary/aromatic N) is 1. The number of quaternary nitrogens is 1. The van der Waals surface area contributed by atoms with Gasteiger partial charge >= 0.3 is 5.97 Å². The Morgan fingerprint density at radius 2 is 0.846 bits per heavy atom. The van der Waals surface area contributed by atoms with Crippen LogP contribution in [0.3, 0.4) is 0 Å². The molecule has 0 fully saturated rings. The zero-order valence-corrected chi connectivity index (χ0v) is 44.6. The molecular weight excluding hydrogens is 830 g/mol. The van der Waals surface area contributed by atoms with Crippen molar-refractivity contribution in [3.63, 3.8) is 0 Å². The van der Waals surface area contributed by atoms with Gasteiger partial charge in [-0.3, -0.25) is 9.36 Å². The van der Waals surface area contributed by atoms with Gasteiger partial charge < -0.3 is 27.9 Å². The fraction of sp³-hybridized carbons (Fsp3) is 0.875. The molecule has 0 N–H and O–H groups in total. The average molecular weight is 938 g/mol. The molecule has 9 heteroatoms. The summed E-state index contributed by atoms with van der Waals surface area (Å²) in [5, 5.41) is 0. The lowest BCUT2D eigenvalue weighted by Gasteiger charge is -2.28. The van der Waals surface area contributed by atoms with Crippen LogP contribution in [0.15, 0.2) is 36.5 Å². The highest BCUT2D eigenvalue weighted by molar-refractivity contribution is 7.45. The molecule has 0 saturated heterocycles. The van der Waals surface area contributed by atoms with E-state index in [9.17, 15) is 14.3 Å². The van der Waals surface area contributed by atoms with Crippen molar-refractivity contribution in [3.05, 3.63) is 36.5 Å². The van der Waals surface area contributed by atoms with Crippen molar-refractivity contribution in [1.29, 1.82) is 0 Å². The van der Waals surface area contributed by atoms with E-state index in [0.29, 0.717) is 24.1 Å². The topological polar surface area (TPSA) is 94.1 Å². The Labute approximate surface area is 404 Å². The fourth-order valence-corrected chi connectivity index (χ4v) is 8.60. The summed E-state index contributed by atoms with van der Waals surface area (Å²) in [4.78, 5) is 25.2. The number of phosphoric acid groups is 1. The quantitative estimate of drug-likeness (QED) is 0.0197. The molecule has 2 atom stereocenters. The van der Waals surface area contributed by atoms with Gasteiger partial charge in [0.1, 0.15) is 19.3 Å². The van der Waals surface area contributed by atoms with Crippen LogP contribution in [0.2, 0.25) is 0 Å². The molecule has 0 rings (SSSR count). The first kappa shape index (κ1) is 63.7. The minimum Gasteiger partial charge on any atom is -0.756 e. The van der Waals surface area contributed by atoms with Crippen molar-refractivity contribution in [2.45, 2.75) is 264 Å². The van der Waals surface area contributed by atoms with Crippen molar-refractivity contribution in [1.82, 2.24) is 0 Å². The number of carbonyl (C=O) groups excluding carboxylic acids is 1. The second-order valence-electron chi connectivity index (χ2n) is 19.9. The van der Waals surface area contributed by atoms with Gasteiger partial charge in [0, 0.05) is 13.0 Å². The van der Waals surface area contributed by atoms with Crippen LogP contribution >= 0.6 is 7.82 Å². The molecular formula is C56H108NO7P. The summed E-state index contributed by atoms with van der Waals surface area (Å²) in [5.41, 5.74) is 0. The molecule has 8 nitrogen and oxygen atoms in total. The Bertz CT molecular complexity index is 1140. The Morgan fingerprint density at radius 3 is 1.26 bits per heavy atom. The van der Waals surface area contributed by atoms with E-state index in [2.05, 4.69) is 50.3 Å². The van der Waals surface area contributed by atoms with Crippen molar-refractivity contribution in [2.24, 2.45) is 0 Å². The van der Waals surface area contributed by atoms with Crippen molar-refractivity contribution < 1.29 is 37.3 Å². The van der Waals surface area contributed by atoms with Gasteiger partial charge in [0.2, 0.25) is 0 Å². The van der Waals surface area contributed by atoms with E-state index < -0.39 is 13.9 Å². The lowest BCUT2D eigenvalue weighted by atomic mass is 10.1. The molecule has 384 valence electrons. The predicted molar refractivity (Wildman–Crippen MR) is 277 cm³/mol. The van der Waals surface area contributed by atoms with E-state index >= 15 is 0 Å². The predicted octanol–water partition coefficient (Wildman–Crippen LogP) is 16.7. The third kappa shape index (κ3) is 53.5. The number of unbranched alkanes of at least 4 members (excludes halogenated alkanes) is 32. The third-order valence-corrected chi connectivity index (χ3v) is 13.1. The van der Waals surface area contributed by atoms with Crippen molar-refractivity contribution in [2.75, 3.05) is 54.1 Å². The second-order valence-corrected chi connectivity index (χ2v) is 21.3. The number of hydrogen-bond acceptors (Lipinski definition) is 7. The van der Waals surface area contributed by atoms with Crippen LogP contribution in [-0.4, -0.2) is 70.7 Å².